The van der Waals surface area contributed by atoms with Gasteiger partial charge < -0.3 is 24.7 Å². The van der Waals surface area contributed by atoms with Gasteiger partial charge in [-0.2, -0.15) is 11.8 Å². The molecule has 1 unspecified atom stereocenters. The molecule has 0 saturated carbocycles. The third-order valence-corrected chi connectivity index (χ3v) is 4.18. The number of hydrogen-bond acceptors (Lipinski definition) is 5. The lowest BCUT2D eigenvalue weighted by molar-refractivity contribution is -0.138. The van der Waals surface area contributed by atoms with Gasteiger partial charge in [-0.15, -0.1) is 0 Å². The molecule has 0 bridgehead atoms. The van der Waals surface area contributed by atoms with Gasteiger partial charge in [0.25, 0.3) is 0 Å². The zero-order chi connectivity index (χ0) is 15.0. The van der Waals surface area contributed by atoms with Gasteiger partial charge in [-0.05, 0) is 0 Å². The summed E-state index contributed by atoms with van der Waals surface area (Å²) in [5.41, 5.74) is 0. The second kappa shape index (κ2) is 9.04. The molecular weight excluding hydrogens is 284 g/mol. The van der Waals surface area contributed by atoms with Gasteiger partial charge in [0.05, 0.1) is 25.7 Å². The summed E-state index contributed by atoms with van der Waals surface area (Å²) in [7, 11) is 1.55. The number of thioether (sulfide) groups is 1. The maximum Gasteiger partial charge on any atom is 0.320 e. The number of carbonyl (C=O) groups excluding carboxylic acids is 1. The summed E-state index contributed by atoms with van der Waals surface area (Å²) in [5.74, 6) is 0.537. The van der Waals surface area contributed by atoms with Crippen LogP contribution in [0.25, 0.3) is 0 Å². The normalized spacial score (nSPS) is 18.9. The maximum atomic E-state index is 12.5. The Bertz CT molecular complexity index is 329. The van der Waals surface area contributed by atoms with Gasteiger partial charge >= 0.3 is 12.0 Å². The Morgan fingerprint density at radius 2 is 2.20 bits per heavy atom. The molecule has 0 aromatic carbocycles. The number of rotatable bonds is 7. The van der Waals surface area contributed by atoms with Crippen LogP contribution in [0.4, 0.5) is 4.79 Å². The number of aliphatic hydroxyl groups is 1. The van der Waals surface area contributed by atoms with Crippen molar-refractivity contribution in [2.24, 2.45) is 0 Å². The first kappa shape index (κ1) is 17.1. The number of hydrogen-bond donors (Lipinski definition) is 2. The number of carboxylic acid groups (broad SMARTS) is 1. The van der Waals surface area contributed by atoms with Crippen molar-refractivity contribution in [2.45, 2.75) is 12.5 Å². The van der Waals surface area contributed by atoms with Gasteiger partial charge in [-0.1, -0.05) is 0 Å². The second-order valence-electron chi connectivity index (χ2n) is 4.51. The van der Waals surface area contributed by atoms with E-state index in [9.17, 15) is 9.59 Å². The minimum atomic E-state index is -0.902. The number of methoxy groups -OCH3 is 1. The van der Waals surface area contributed by atoms with Crippen LogP contribution in [0.15, 0.2) is 0 Å². The molecule has 1 heterocycles. The molecule has 1 aliphatic heterocycles. The summed E-state index contributed by atoms with van der Waals surface area (Å²) in [5, 5.41) is 18.0. The lowest BCUT2D eigenvalue weighted by Crippen LogP contribution is -2.53. The van der Waals surface area contributed by atoms with Crippen molar-refractivity contribution >= 4 is 23.8 Å². The number of aliphatic hydroxyl groups excluding tert-OH is 1. The number of carboxylic acids is 1. The summed E-state index contributed by atoms with van der Waals surface area (Å²) >= 11 is 1.66. The fourth-order valence-corrected chi connectivity index (χ4v) is 3.15. The Morgan fingerprint density at radius 1 is 1.45 bits per heavy atom. The number of aliphatic carboxylic acids is 1. The van der Waals surface area contributed by atoms with Crippen LogP contribution in [0, 0.1) is 0 Å². The van der Waals surface area contributed by atoms with Crippen molar-refractivity contribution in [3.8, 4) is 0 Å². The molecule has 0 aliphatic carbocycles. The van der Waals surface area contributed by atoms with Crippen molar-refractivity contribution in [1.29, 1.82) is 0 Å². The van der Waals surface area contributed by atoms with Crippen molar-refractivity contribution in [2.75, 3.05) is 51.5 Å². The number of ether oxygens (including phenoxy) is 1. The van der Waals surface area contributed by atoms with E-state index in [1.54, 1.807) is 23.8 Å². The Kier molecular flexibility index (Phi) is 7.71. The van der Waals surface area contributed by atoms with Crippen LogP contribution in [-0.2, 0) is 9.53 Å². The first-order chi connectivity index (χ1) is 9.60. The SMILES string of the molecule is COCCN(CCO)C(=O)N1CCSCC1CC(=O)O. The highest BCUT2D eigenvalue weighted by molar-refractivity contribution is 7.99. The summed E-state index contributed by atoms with van der Waals surface area (Å²) < 4.78 is 4.96. The third kappa shape index (κ3) is 5.18. The van der Waals surface area contributed by atoms with Crippen LogP contribution < -0.4 is 0 Å². The average Bonchev–Trinajstić information content (AvgIpc) is 2.42. The highest BCUT2D eigenvalue weighted by Crippen LogP contribution is 2.20. The summed E-state index contributed by atoms with van der Waals surface area (Å²) in [6.07, 6.45) is -0.0457. The smallest absolute Gasteiger partial charge is 0.320 e. The first-order valence-electron chi connectivity index (χ1n) is 6.55. The Balaban J connectivity index is 2.69. The van der Waals surface area contributed by atoms with E-state index in [0.29, 0.717) is 25.4 Å². The van der Waals surface area contributed by atoms with Crippen molar-refractivity contribution in [3.63, 3.8) is 0 Å². The molecule has 1 aliphatic rings. The van der Waals surface area contributed by atoms with E-state index >= 15 is 0 Å². The molecule has 8 heteroatoms. The van der Waals surface area contributed by atoms with Gasteiger partial charge in [-0.25, -0.2) is 4.79 Å². The van der Waals surface area contributed by atoms with Crippen LogP contribution in [0.2, 0.25) is 0 Å². The highest BCUT2D eigenvalue weighted by atomic mass is 32.2. The predicted octanol–water partition coefficient (Wildman–Crippen LogP) is -0.0608. The lowest BCUT2D eigenvalue weighted by Gasteiger charge is -2.38. The van der Waals surface area contributed by atoms with Crippen molar-refractivity contribution in [3.05, 3.63) is 0 Å². The van der Waals surface area contributed by atoms with Gasteiger partial charge in [-0.3, -0.25) is 4.79 Å². The molecule has 2 amide bonds. The summed E-state index contributed by atoms with van der Waals surface area (Å²) in [4.78, 5) is 26.5. The lowest BCUT2D eigenvalue weighted by atomic mass is 10.2. The second-order valence-corrected chi connectivity index (χ2v) is 5.66. The molecule has 1 fully saturated rings. The number of amides is 2. The largest absolute Gasteiger partial charge is 0.481 e. The first-order valence-corrected chi connectivity index (χ1v) is 7.70. The van der Waals surface area contributed by atoms with Crippen LogP contribution in [-0.4, -0.2) is 89.5 Å². The van der Waals surface area contributed by atoms with Crippen molar-refractivity contribution in [1.82, 2.24) is 9.80 Å². The molecule has 0 spiro atoms. The minimum absolute atomic E-state index is 0.0457. The van der Waals surface area contributed by atoms with Gasteiger partial charge in [0.15, 0.2) is 0 Å². The molecule has 0 radical (unpaired) electrons. The molecular formula is C12H22N2O5S. The minimum Gasteiger partial charge on any atom is -0.481 e. The quantitative estimate of drug-likeness (QED) is 0.685. The van der Waals surface area contributed by atoms with E-state index in [0.717, 1.165) is 5.75 Å². The molecule has 0 aromatic rings. The van der Waals surface area contributed by atoms with E-state index in [1.807, 2.05) is 0 Å². The van der Waals surface area contributed by atoms with Gasteiger partial charge in [0.2, 0.25) is 0 Å². The molecule has 2 N–H and O–H groups in total. The average molecular weight is 306 g/mol. The summed E-state index contributed by atoms with van der Waals surface area (Å²) in [6.45, 7) is 1.42. The van der Waals surface area contributed by atoms with Crippen LogP contribution in [0.3, 0.4) is 0 Å². The summed E-state index contributed by atoms with van der Waals surface area (Å²) in [6, 6.07) is -0.509. The Hall–Kier alpha value is -0.990. The fourth-order valence-electron chi connectivity index (χ4n) is 2.08. The number of nitrogens with zero attached hydrogens (tertiary/aromatic N) is 2. The van der Waals surface area contributed by atoms with Crippen molar-refractivity contribution < 1.29 is 24.5 Å². The monoisotopic (exact) mass is 306 g/mol. The molecule has 116 valence electrons. The highest BCUT2D eigenvalue weighted by Gasteiger charge is 2.31. The van der Waals surface area contributed by atoms with E-state index < -0.39 is 5.97 Å². The number of urea groups is 1. The third-order valence-electron chi connectivity index (χ3n) is 3.09. The van der Waals surface area contributed by atoms with Crippen LogP contribution in [0.5, 0.6) is 0 Å². The molecule has 7 nitrogen and oxygen atoms in total. The van der Waals surface area contributed by atoms with Gasteiger partial charge in [0, 0.05) is 38.2 Å². The molecule has 20 heavy (non-hydrogen) atoms. The molecule has 0 aromatic heterocycles. The zero-order valence-electron chi connectivity index (χ0n) is 11.7. The van der Waals surface area contributed by atoms with E-state index in [2.05, 4.69) is 0 Å². The molecule has 1 saturated heterocycles. The molecule has 1 atom stereocenters. The van der Waals surface area contributed by atoms with E-state index in [1.165, 1.54) is 4.90 Å². The van der Waals surface area contributed by atoms with Gasteiger partial charge in [0.1, 0.15) is 0 Å². The Labute approximate surface area is 122 Å². The maximum absolute atomic E-state index is 12.5. The molecule has 1 rings (SSSR count). The number of carbonyl (C=O) groups is 2. The topological polar surface area (TPSA) is 90.3 Å². The van der Waals surface area contributed by atoms with Crippen LogP contribution >= 0.6 is 11.8 Å². The Morgan fingerprint density at radius 3 is 2.80 bits per heavy atom. The predicted molar refractivity (Wildman–Crippen MR) is 76.0 cm³/mol. The van der Waals surface area contributed by atoms with E-state index in [4.69, 9.17) is 14.9 Å². The van der Waals surface area contributed by atoms with Crippen LogP contribution in [0.1, 0.15) is 6.42 Å². The zero-order valence-corrected chi connectivity index (χ0v) is 12.5. The fraction of sp³-hybridized carbons (Fsp3) is 0.833. The van der Waals surface area contributed by atoms with E-state index in [-0.39, 0.29) is 31.6 Å². The standard InChI is InChI=1S/C12H22N2O5S/c1-19-6-3-13(2-5-15)12(18)14-4-7-20-9-10(14)8-11(16)17/h10,15H,2-9H2,1H3,(H,16,17).